The van der Waals surface area contributed by atoms with Gasteiger partial charge in [0.2, 0.25) is 0 Å². The number of benzene rings is 1. The summed E-state index contributed by atoms with van der Waals surface area (Å²) < 4.78 is 2.70. The molecule has 4 heteroatoms. The summed E-state index contributed by atoms with van der Waals surface area (Å²) >= 11 is 9.38. The van der Waals surface area contributed by atoms with E-state index in [-0.39, 0.29) is 0 Å². The van der Waals surface area contributed by atoms with E-state index in [1.807, 2.05) is 30.5 Å². The van der Waals surface area contributed by atoms with Crippen LogP contribution < -0.4 is 0 Å². The van der Waals surface area contributed by atoms with E-state index in [1.54, 1.807) is 10.9 Å². The molecule has 1 aromatic heterocycles. The van der Waals surface area contributed by atoms with Gasteiger partial charge in [-0.2, -0.15) is 5.10 Å². The van der Waals surface area contributed by atoms with E-state index in [9.17, 15) is 0 Å². The first-order valence-electron chi connectivity index (χ1n) is 3.72. The van der Waals surface area contributed by atoms with Crippen molar-refractivity contribution in [1.29, 1.82) is 0 Å². The van der Waals surface area contributed by atoms with Gasteiger partial charge < -0.3 is 0 Å². The van der Waals surface area contributed by atoms with Gasteiger partial charge >= 0.3 is 0 Å². The molecule has 0 bridgehead atoms. The molecular formula is C9H6BrClN2. The van der Waals surface area contributed by atoms with Gasteiger partial charge in [-0.1, -0.05) is 27.5 Å². The Bertz CT molecular complexity index is 412. The zero-order valence-electron chi connectivity index (χ0n) is 6.61. The molecule has 13 heavy (non-hydrogen) atoms. The van der Waals surface area contributed by atoms with E-state index in [2.05, 4.69) is 21.0 Å². The molecule has 0 aliphatic rings. The van der Waals surface area contributed by atoms with Crippen molar-refractivity contribution < 1.29 is 0 Å². The van der Waals surface area contributed by atoms with Gasteiger partial charge in [0.05, 0.1) is 10.7 Å². The molecule has 0 radical (unpaired) electrons. The molecule has 0 atom stereocenters. The Hall–Kier alpha value is -0.800. The highest BCUT2D eigenvalue weighted by molar-refractivity contribution is 9.10. The molecular weight excluding hydrogens is 251 g/mol. The molecule has 1 aromatic carbocycles. The van der Waals surface area contributed by atoms with Crippen molar-refractivity contribution in [2.75, 3.05) is 0 Å². The van der Waals surface area contributed by atoms with E-state index in [0.29, 0.717) is 5.02 Å². The van der Waals surface area contributed by atoms with Crippen LogP contribution in [0.4, 0.5) is 0 Å². The molecule has 0 N–H and O–H groups in total. The topological polar surface area (TPSA) is 17.8 Å². The van der Waals surface area contributed by atoms with Crippen LogP contribution in [-0.4, -0.2) is 9.78 Å². The second-order valence-corrected chi connectivity index (χ2v) is 3.87. The Morgan fingerprint density at radius 1 is 1.38 bits per heavy atom. The Kier molecular flexibility index (Phi) is 2.38. The van der Waals surface area contributed by atoms with Gasteiger partial charge in [0.25, 0.3) is 0 Å². The first-order valence-corrected chi connectivity index (χ1v) is 4.89. The average molecular weight is 258 g/mol. The minimum absolute atomic E-state index is 0.679. The molecule has 0 amide bonds. The van der Waals surface area contributed by atoms with E-state index in [1.165, 1.54) is 0 Å². The third kappa shape index (κ3) is 1.76. The highest BCUT2D eigenvalue weighted by Gasteiger charge is 2.02. The maximum atomic E-state index is 6.03. The quantitative estimate of drug-likeness (QED) is 0.766. The summed E-state index contributed by atoms with van der Waals surface area (Å²) in [5, 5.41) is 4.77. The fraction of sp³-hybridized carbons (Fsp3) is 0. The highest BCUT2D eigenvalue weighted by Crippen LogP contribution is 2.23. The highest BCUT2D eigenvalue weighted by atomic mass is 79.9. The monoisotopic (exact) mass is 256 g/mol. The minimum atomic E-state index is 0.679. The van der Waals surface area contributed by atoms with Crippen LogP contribution in [0.25, 0.3) is 5.69 Å². The maximum Gasteiger partial charge on any atom is 0.0832 e. The second-order valence-electron chi connectivity index (χ2n) is 2.55. The zero-order valence-corrected chi connectivity index (χ0v) is 8.96. The van der Waals surface area contributed by atoms with Crippen LogP contribution in [0.3, 0.4) is 0 Å². The van der Waals surface area contributed by atoms with Crippen LogP contribution in [0.5, 0.6) is 0 Å². The first-order chi connectivity index (χ1) is 6.27. The standard InChI is InChI=1S/C9H6BrClN2/c10-7-2-3-9(8(11)6-7)13-5-1-4-12-13/h1-6H. The van der Waals surface area contributed by atoms with Crippen molar-refractivity contribution in [3.63, 3.8) is 0 Å². The molecule has 0 spiro atoms. The Balaban J connectivity index is 2.53. The van der Waals surface area contributed by atoms with Gasteiger partial charge in [-0.05, 0) is 24.3 Å². The van der Waals surface area contributed by atoms with Crippen LogP contribution in [0.15, 0.2) is 41.1 Å². The van der Waals surface area contributed by atoms with E-state index >= 15 is 0 Å². The van der Waals surface area contributed by atoms with E-state index in [4.69, 9.17) is 11.6 Å². The molecule has 0 saturated carbocycles. The minimum Gasteiger partial charge on any atom is -0.239 e. The summed E-state index contributed by atoms with van der Waals surface area (Å²) in [5.74, 6) is 0. The van der Waals surface area contributed by atoms with Crippen molar-refractivity contribution in [2.45, 2.75) is 0 Å². The van der Waals surface area contributed by atoms with E-state index < -0.39 is 0 Å². The van der Waals surface area contributed by atoms with Gasteiger partial charge in [-0.3, -0.25) is 0 Å². The molecule has 2 nitrogen and oxygen atoms in total. The third-order valence-electron chi connectivity index (χ3n) is 1.66. The molecule has 2 rings (SSSR count). The first kappa shape index (κ1) is 8.78. The maximum absolute atomic E-state index is 6.03. The van der Waals surface area contributed by atoms with Crippen molar-refractivity contribution in [3.8, 4) is 5.69 Å². The third-order valence-corrected chi connectivity index (χ3v) is 2.46. The van der Waals surface area contributed by atoms with Crippen LogP contribution >= 0.6 is 27.5 Å². The summed E-state index contributed by atoms with van der Waals surface area (Å²) in [6.45, 7) is 0. The second kappa shape index (κ2) is 3.52. The fourth-order valence-electron chi connectivity index (χ4n) is 1.08. The van der Waals surface area contributed by atoms with Crippen molar-refractivity contribution in [1.82, 2.24) is 9.78 Å². The predicted octanol–water partition coefficient (Wildman–Crippen LogP) is 3.29. The molecule has 2 aromatic rings. The number of halogens is 2. The average Bonchev–Trinajstić information content (AvgIpc) is 2.56. The lowest BCUT2D eigenvalue weighted by Crippen LogP contribution is -1.94. The molecule has 0 unspecified atom stereocenters. The lowest BCUT2D eigenvalue weighted by atomic mass is 10.3. The van der Waals surface area contributed by atoms with Crippen molar-refractivity contribution in [2.24, 2.45) is 0 Å². The summed E-state index contributed by atoms with van der Waals surface area (Å²) in [4.78, 5) is 0. The molecule has 0 fully saturated rings. The molecule has 1 heterocycles. The molecule has 0 aliphatic carbocycles. The zero-order chi connectivity index (χ0) is 9.26. The molecule has 66 valence electrons. The Morgan fingerprint density at radius 3 is 2.85 bits per heavy atom. The van der Waals surface area contributed by atoms with Gasteiger partial charge in [-0.15, -0.1) is 0 Å². The fourth-order valence-corrected chi connectivity index (χ4v) is 1.84. The number of aromatic nitrogens is 2. The SMILES string of the molecule is Clc1cc(Br)ccc1-n1cccn1. The molecule has 0 saturated heterocycles. The number of rotatable bonds is 1. The Labute approximate surface area is 89.3 Å². The smallest absolute Gasteiger partial charge is 0.0832 e. The number of hydrogen-bond donors (Lipinski definition) is 0. The summed E-state index contributed by atoms with van der Waals surface area (Å²) in [5.41, 5.74) is 0.884. The largest absolute Gasteiger partial charge is 0.239 e. The van der Waals surface area contributed by atoms with Gasteiger partial charge in [0.15, 0.2) is 0 Å². The van der Waals surface area contributed by atoms with Gasteiger partial charge in [0.1, 0.15) is 0 Å². The summed E-state index contributed by atoms with van der Waals surface area (Å²) in [6, 6.07) is 7.55. The normalized spacial score (nSPS) is 10.3. The lowest BCUT2D eigenvalue weighted by molar-refractivity contribution is 0.880. The van der Waals surface area contributed by atoms with Crippen LogP contribution in [0.1, 0.15) is 0 Å². The summed E-state index contributed by atoms with van der Waals surface area (Å²) in [6.07, 6.45) is 3.58. The van der Waals surface area contributed by atoms with Gasteiger partial charge in [0, 0.05) is 16.9 Å². The summed E-state index contributed by atoms with van der Waals surface area (Å²) in [7, 11) is 0. The number of nitrogens with zero attached hydrogens (tertiary/aromatic N) is 2. The Morgan fingerprint density at radius 2 is 2.23 bits per heavy atom. The van der Waals surface area contributed by atoms with Crippen molar-refractivity contribution in [3.05, 3.63) is 46.2 Å². The number of hydrogen-bond acceptors (Lipinski definition) is 1. The lowest BCUT2D eigenvalue weighted by Gasteiger charge is -2.03. The van der Waals surface area contributed by atoms with Crippen LogP contribution in [0.2, 0.25) is 5.02 Å². The van der Waals surface area contributed by atoms with Crippen LogP contribution in [-0.2, 0) is 0 Å². The van der Waals surface area contributed by atoms with Crippen molar-refractivity contribution >= 4 is 27.5 Å². The van der Waals surface area contributed by atoms with E-state index in [0.717, 1.165) is 10.2 Å². The predicted molar refractivity (Wildman–Crippen MR) is 56.3 cm³/mol. The van der Waals surface area contributed by atoms with Crippen LogP contribution in [0, 0.1) is 0 Å². The van der Waals surface area contributed by atoms with Gasteiger partial charge in [-0.25, -0.2) is 4.68 Å². The molecule has 0 aliphatic heterocycles.